The second-order valence-corrected chi connectivity index (χ2v) is 10.3. The van der Waals surface area contributed by atoms with Gasteiger partial charge in [-0.3, -0.25) is 4.68 Å². The molecule has 0 amide bonds. The summed E-state index contributed by atoms with van der Waals surface area (Å²) in [7, 11) is 0. The Balaban J connectivity index is 1.09. The molecular weight excluding hydrogens is 511 g/mol. The lowest BCUT2D eigenvalue weighted by Crippen LogP contribution is -2.30. The smallest absolute Gasteiger partial charge is 0.156 e. The summed E-state index contributed by atoms with van der Waals surface area (Å²) in [5, 5.41) is 20.0. The quantitative estimate of drug-likeness (QED) is 0.349. The standard InChI is InChI=1S/C29H27FN8O2/c1-29(39,22-2-4-24(30)5-3-22)23-12-31-27(32-13-23)19-6-8-36(9-7-19)28-26-10-20(14-38(26)35-18-33-28)21-11-34-37(15-21)25-16-40-17-25/h2-6,10-15,18,25,39H,7-9,16-17H2,1H3/t29-/m0/s1. The first-order chi connectivity index (χ1) is 19.5. The molecule has 7 rings (SSSR count). The fraction of sp³-hybridized carbons (Fsp3) is 0.276. The molecule has 2 aliphatic heterocycles. The second-order valence-electron chi connectivity index (χ2n) is 10.3. The van der Waals surface area contributed by atoms with Gasteiger partial charge in [-0.15, -0.1) is 0 Å². The molecule has 2 aliphatic rings. The van der Waals surface area contributed by atoms with Crippen molar-refractivity contribution in [1.82, 2.24) is 34.3 Å². The van der Waals surface area contributed by atoms with Crippen LogP contribution >= 0.6 is 0 Å². The van der Waals surface area contributed by atoms with Crippen molar-refractivity contribution in [3.8, 4) is 11.1 Å². The number of ether oxygens (including phenoxy) is 1. The van der Waals surface area contributed by atoms with Crippen LogP contribution in [0.4, 0.5) is 10.2 Å². The average Bonchev–Trinajstić information content (AvgIpc) is 3.60. The third-order valence-electron chi connectivity index (χ3n) is 7.73. The minimum atomic E-state index is -1.33. The zero-order valence-corrected chi connectivity index (χ0v) is 21.9. The van der Waals surface area contributed by atoms with Crippen LogP contribution in [0.25, 0.3) is 22.2 Å². The molecule has 0 spiro atoms. The van der Waals surface area contributed by atoms with Gasteiger partial charge in [0.1, 0.15) is 23.3 Å². The Morgan fingerprint density at radius 1 is 0.975 bits per heavy atom. The molecule has 10 nitrogen and oxygen atoms in total. The topological polar surface area (TPSA) is 106 Å². The highest BCUT2D eigenvalue weighted by Crippen LogP contribution is 2.31. The maximum atomic E-state index is 13.3. The third-order valence-corrected chi connectivity index (χ3v) is 7.73. The number of halogens is 1. The summed E-state index contributed by atoms with van der Waals surface area (Å²) in [6.45, 7) is 4.45. The predicted octanol–water partition coefficient (Wildman–Crippen LogP) is 3.64. The first-order valence-corrected chi connectivity index (χ1v) is 13.2. The van der Waals surface area contributed by atoms with Crippen LogP contribution in [0.2, 0.25) is 0 Å². The number of nitrogens with zero attached hydrogens (tertiary/aromatic N) is 8. The SMILES string of the molecule is C[C@](O)(c1ccc(F)cc1)c1cnc(C2=CCN(c3ncnn4cc(-c5cnn(C6COC6)c5)cc34)CC2)nc1. The maximum Gasteiger partial charge on any atom is 0.156 e. The number of rotatable bonds is 6. The molecule has 1 atom stereocenters. The first kappa shape index (κ1) is 24.6. The average molecular weight is 539 g/mol. The molecule has 5 aromatic rings. The fourth-order valence-electron chi connectivity index (χ4n) is 5.13. The summed E-state index contributed by atoms with van der Waals surface area (Å²) in [4.78, 5) is 15.9. The number of hydrogen-bond donors (Lipinski definition) is 1. The highest BCUT2D eigenvalue weighted by Gasteiger charge is 2.27. The summed E-state index contributed by atoms with van der Waals surface area (Å²) < 4.78 is 22.4. The Bertz CT molecular complexity index is 1700. The number of fused-ring (bicyclic) bond motifs is 1. The Kier molecular flexibility index (Phi) is 5.90. The van der Waals surface area contributed by atoms with E-state index in [1.54, 1.807) is 37.8 Å². The monoisotopic (exact) mass is 538 g/mol. The maximum absolute atomic E-state index is 13.3. The van der Waals surface area contributed by atoms with E-state index < -0.39 is 5.60 Å². The molecular formula is C29H27FN8O2. The van der Waals surface area contributed by atoms with E-state index in [4.69, 9.17) is 4.74 Å². The number of aromatic nitrogens is 7. The fourth-order valence-corrected chi connectivity index (χ4v) is 5.13. The largest absolute Gasteiger partial charge is 0.381 e. The predicted molar refractivity (Wildman–Crippen MR) is 146 cm³/mol. The molecule has 6 heterocycles. The number of aliphatic hydroxyl groups is 1. The minimum Gasteiger partial charge on any atom is -0.381 e. The van der Waals surface area contributed by atoms with E-state index in [0.29, 0.717) is 42.8 Å². The van der Waals surface area contributed by atoms with Crippen LogP contribution in [0.3, 0.4) is 0 Å². The molecule has 0 radical (unpaired) electrons. The van der Waals surface area contributed by atoms with Crippen LogP contribution in [-0.4, -0.2) is 65.8 Å². The summed E-state index contributed by atoms with van der Waals surface area (Å²) in [5.74, 6) is 1.14. The van der Waals surface area contributed by atoms with E-state index in [1.807, 2.05) is 21.6 Å². The van der Waals surface area contributed by atoms with Crippen LogP contribution in [-0.2, 0) is 10.3 Å². The molecule has 0 bridgehead atoms. The molecule has 1 aromatic carbocycles. The van der Waals surface area contributed by atoms with Gasteiger partial charge in [0.25, 0.3) is 0 Å². The summed E-state index contributed by atoms with van der Waals surface area (Å²) in [6, 6.07) is 8.20. The first-order valence-electron chi connectivity index (χ1n) is 13.2. The van der Waals surface area contributed by atoms with Crippen molar-refractivity contribution in [2.24, 2.45) is 0 Å². The number of benzene rings is 1. The molecule has 0 unspecified atom stereocenters. The molecule has 1 fully saturated rings. The molecule has 40 heavy (non-hydrogen) atoms. The van der Waals surface area contributed by atoms with Gasteiger partial charge in [0, 0.05) is 54.6 Å². The lowest BCUT2D eigenvalue weighted by molar-refractivity contribution is -0.0286. The Hall–Kier alpha value is -4.48. The van der Waals surface area contributed by atoms with Gasteiger partial charge in [0.15, 0.2) is 11.6 Å². The zero-order chi connectivity index (χ0) is 27.3. The van der Waals surface area contributed by atoms with Crippen molar-refractivity contribution in [2.45, 2.75) is 25.0 Å². The molecule has 1 saturated heterocycles. The van der Waals surface area contributed by atoms with Crippen molar-refractivity contribution in [2.75, 3.05) is 31.2 Å². The van der Waals surface area contributed by atoms with Crippen molar-refractivity contribution >= 4 is 16.9 Å². The van der Waals surface area contributed by atoms with Crippen LogP contribution in [0.15, 0.2) is 73.7 Å². The number of anilines is 1. The van der Waals surface area contributed by atoms with E-state index in [2.05, 4.69) is 48.4 Å². The summed E-state index contributed by atoms with van der Waals surface area (Å²) in [5.41, 5.74) is 3.82. The molecule has 11 heteroatoms. The van der Waals surface area contributed by atoms with Crippen molar-refractivity contribution in [1.29, 1.82) is 0 Å². The normalized spacial score (nSPS) is 17.5. The molecule has 0 saturated carbocycles. The summed E-state index contributed by atoms with van der Waals surface area (Å²) >= 11 is 0. The van der Waals surface area contributed by atoms with Gasteiger partial charge in [-0.05, 0) is 42.7 Å². The van der Waals surface area contributed by atoms with Crippen LogP contribution < -0.4 is 4.90 Å². The summed E-state index contributed by atoms with van der Waals surface area (Å²) in [6.07, 6.45) is 13.6. The van der Waals surface area contributed by atoms with Gasteiger partial charge in [0.05, 0.1) is 25.5 Å². The van der Waals surface area contributed by atoms with E-state index in [0.717, 1.165) is 41.0 Å². The van der Waals surface area contributed by atoms with E-state index in [9.17, 15) is 9.50 Å². The molecule has 4 aromatic heterocycles. The molecule has 202 valence electrons. The van der Waals surface area contributed by atoms with E-state index in [-0.39, 0.29) is 5.82 Å². The lowest BCUT2D eigenvalue weighted by Gasteiger charge is -2.27. The molecule has 1 N–H and O–H groups in total. The van der Waals surface area contributed by atoms with Crippen molar-refractivity contribution in [3.63, 3.8) is 0 Å². The highest BCUT2D eigenvalue weighted by atomic mass is 19.1. The van der Waals surface area contributed by atoms with Gasteiger partial charge in [-0.2, -0.15) is 10.2 Å². The van der Waals surface area contributed by atoms with Crippen molar-refractivity contribution < 1.29 is 14.2 Å². The lowest BCUT2D eigenvalue weighted by atomic mass is 9.90. The minimum absolute atomic E-state index is 0.304. The van der Waals surface area contributed by atoms with Crippen LogP contribution in [0, 0.1) is 5.82 Å². The van der Waals surface area contributed by atoms with Crippen LogP contribution in [0.1, 0.15) is 36.3 Å². The van der Waals surface area contributed by atoms with Gasteiger partial charge in [0.2, 0.25) is 0 Å². The Morgan fingerprint density at radius 3 is 2.48 bits per heavy atom. The Morgan fingerprint density at radius 2 is 1.77 bits per heavy atom. The van der Waals surface area contributed by atoms with E-state index in [1.165, 1.54) is 12.1 Å². The third kappa shape index (κ3) is 4.33. The molecule has 0 aliphatic carbocycles. The number of hydrogen-bond acceptors (Lipinski definition) is 8. The van der Waals surface area contributed by atoms with Crippen LogP contribution in [0.5, 0.6) is 0 Å². The van der Waals surface area contributed by atoms with Gasteiger partial charge in [-0.25, -0.2) is 23.9 Å². The zero-order valence-electron chi connectivity index (χ0n) is 21.9. The van der Waals surface area contributed by atoms with Crippen molar-refractivity contribution in [3.05, 3.63) is 96.5 Å². The second kappa shape index (κ2) is 9.61. The van der Waals surface area contributed by atoms with E-state index >= 15 is 0 Å². The van der Waals surface area contributed by atoms with Gasteiger partial charge in [-0.1, -0.05) is 18.2 Å². The Labute approximate surface area is 229 Å². The van der Waals surface area contributed by atoms with Gasteiger partial charge >= 0.3 is 0 Å². The van der Waals surface area contributed by atoms with Gasteiger partial charge < -0.3 is 14.7 Å². The highest BCUT2D eigenvalue weighted by molar-refractivity contribution is 5.78.